The molecule has 1 aliphatic rings. The molecule has 0 saturated carbocycles. The molecule has 4 rings (SSSR count). The van der Waals surface area contributed by atoms with Gasteiger partial charge in [0.2, 0.25) is 5.58 Å². The Hall–Kier alpha value is -3.15. The van der Waals surface area contributed by atoms with Gasteiger partial charge in [-0.3, -0.25) is 0 Å². The molecule has 0 unspecified atom stereocenters. The van der Waals surface area contributed by atoms with Crippen LogP contribution in [0.3, 0.4) is 0 Å². The quantitative estimate of drug-likeness (QED) is 0.678. The summed E-state index contributed by atoms with van der Waals surface area (Å²) in [6, 6.07) is 9.14. The summed E-state index contributed by atoms with van der Waals surface area (Å²) in [5, 5.41) is 3.30. The Labute approximate surface area is 156 Å². The summed E-state index contributed by atoms with van der Waals surface area (Å²) in [7, 11) is 3.73. The summed E-state index contributed by atoms with van der Waals surface area (Å²) in [6.07, 6.45) is 4.71. The van der Waals surface area contributed by atoms with E-state index < -0.39 is 0 Å². The van der Waals surface area contributed by atoms with Gasteiger partial charge in [-0.1, -0.05) is 6.92 Å². The fourth-order valence-corrected chi connectivity index (χ4v) is 3.22. The number of oxazole rings is 1. The smallest absolute Gasteiger partial charge is 0.374 e. The number of nitrogens with one attached hydrogen (secondary N) is 1. The van der Waals surface area contributed by atoms with Gasteiger partial charge in [-0.25, -0.2) is 8.78 Å². The van der Waals surface area contributed by atoms with Gasteiger partial charge in [0.25, 0.3) is 5.52 Å². The minimum Gasteiger partial charge on any atom is -0.398 e. The zero-order chi connectivity index (χ0) is 19.1. The van der Waals surface area contributed by atoms with Gasteiger partial charge in [-0.05, 0) is 48.4 Å². The first kappa shape index (κ1) is 17.3. The second kappa shape index (κ2) is 6.54. The van der Waals surface area contributed by atoms with Gasteiger partial charge in [0.15, 0.2) is 0 Å². The molecule has 27 heavy (non-hydrogen) atoms. The monoisotopic (exact) mass is 368 g/mol. The van der Waals surface area contributed by atoms with Crippen molar-refractivity contribution in [2.75, 3.05) is 17.3 Å². The molecule has 0 atom stereocenters. The molecule has 0 saturated heterocycles. The number of allylic oxidation sites excluding steroid dienone is 2. The summed E-state index contributed by atoms with van der Waals surface area (Å²) in [5.74, 6) is 0.924. The predicted molar refractivity (Wildman–Crippen MR) is 102 cm³/mol. The molecule has 4 nitrogen and oxygen atoms in total. The molecule has 0 aliphatic carbocycles. The van der Waals surface area contributed by atoms with Gasteiger partial charge >= 0.3 is 5.89 Å². The zero-order valence-corrected chi connectivity index (χ0v) is 15.4. The number of hydrogen-bond acceptors (Lipinski definition) is 3. The van der Waals surface area contributed by atoms with Gasteiger partial charge < -0.3 is 14.6 Å². The molecule has 0 spiro atoms. The van der Waals surface area contributed by atoms with E-state index in [4.69, 9.17) is 4.42 Å². The van der Waals surface area contributed by atoms with Gasteiger partial charge in [-0.15, -0.1) is 0 Å². The van der Waals surface area contributed by atoms with Gasteiger partial charge in [0, 0.05) is 13.1 Å². The first-order chi connectivity index (χ1) is 13.0. The zero-order valence-electron chi connectivity index (χ0n) is 15.4. The van der Waals surface area contributed by atoms with Gasteiger partial charge in [0.05, 0.1) is 17.5 Å². The van der Waals surface area contributed by atoms with E-state index in [1.807, 2.05) is 42.6 Å². The molecule has 1 aliphatic heterocycles. The van der Waals surface area contributed by atoms with Crippen LogP contribution in [0.2, 0.25) is 0 Å². The van der Waals surface area contributed by atoms with E-state index in [9.17, 15) is 8.78 Å². The lowest BCUT2D eigenvalue weighted by Gasteiger charge is -2.13. The number of rotatable bonds is 3. The van der Waals surface area contributed by atoms with E-state index in [1.54, 1.807) is 12.1 Å². The average Bonchev–Trinajstić information content (AvgIpc) is 3.12. The number of anilines is 2. The normalized spacial score (nSPS) is 15.5. The number of aryl methyl sites for hydroxylation is 1. The molecule has 6 heteroatoms. The standard InChI is InChI=1S/C21H19F2N3O/c1-4-13(9-20-24-16-7-5-14(22)11-17(16)25(20)2)10-21-26(3)18-12-15(23)6-8-19(18)27-21/h5-12H,4H2,1-3H3/p+1. The van der Waals surface area contributed by atoms with Crippen molar-refractivity contribution >= 4 is 28.6 Å². The fraction of sp³-hybridized carbons (Fsp3) is 0.190. The first-order valence-corrected chi connectivity index (χ1v) is 8.77. The SMILES string of the molecule is CCC(=Cc1oc2ccc(F)cc2[n+]1C)C=C1Nc2ccc(F)cc2N1C. The first-order valence-electron chi connectivity index (χ1n) is 8.77. The molecule has 3 aromatic rings. The topological polar surface area (TPSA) is 32.3 Å². The maximum atomic E-state index is 13.5. The molecule has 2 aromatic carbocycles. The highest BCUT2D eigenvalue weighted by atomic mass is 19.1. The Morgan fingerprint density at radius 3 is 2.70 bits per heavy atom. The molecule has 1 aromatic heterocycles. The van der Waals surface area contributed by atoms with Gasteiger partial charge in [0.1, 0.15) is 24.5 Å². The Balaban J connectivity index is 1.71. The molecule has 0 fully saturated rings. The van der Waals surface area contributed by atoms with E-state index in [-0.39, 0.29) is 11.6 Å². The van der Waals surface area contributed by atoms with Crippen LogP contribution in [0.4, 0.5) is 20.2 Å². The number of nitrogens with zero attached hydrogens (tertiary/aromatic N) is 2. The van der Waals surface area contributed by atoms with E-state index in [1.165, 1.54) is 24.3 Å². The van der Waals surface area contributed by atoms with E-state index >= 15 is 0 Å². The minimum atomic E-state index is -0.297. The Bertz CT molecular complexity index is 1100. The van der Waals surface area contributed by atoms with Gasteiger partial charge in [-0.2, -0.15) is 4.57 Å². The van der Waals surface area contributed by atoms with E-state index in [0.717, 1.165) is 29.2 Å². The summed E-state index contributed by atoms with van der Waals surface area (Å²) in [5.41, 5.74) is 4.01. The van der Waals surface area contributed by atoms with Crippen molar-refractivity contribution in [1.29, 1.82) is 0 Å². The molecular formula is C21H20F2N3O+. The molecule has 138 valence electrons. The highest BCUT2D eigenvalue weighted by molar-refractivity contribution is 5.81. The average molecular weight is 368 g/mol. The largest absolute Gasteiger partial charge is 0.398 e. The van der Waals surface area contributed by atoms with Crippen LogP contribution in [0.5, 0.6) is 0 Å². The van der Waals surface area contributed by atoms with Crippen molar-refractivity contribution in [3.63, 3.8) is 0 Å². The summed E-state index contributed by atoms with van der Waals surface area (Å²) in [6.45, 7) is 2.05. The van der Waals surface area contributed by atoms with Crippen molar-refractivity contribution in [3.05, 3.63) is 71.4 Å². The molecular weight excluding hydrogens is 348 g/mol. The highest BCUT2D eigenvalue weighted by Gasteiger charge is 2.22. The lowest BCUT2D eigenvalue weighted by Crippen LogP contribution is -2.29. The van der Waals surface area contributed by atoms with Crippen molar-refractivity contribution in [3.8, 4) is 0 Å². The number of hydrogen-bond donors (Lipinski definition) is 1. The third-order valence-corrected chi connectivity index (χ3v) is 4.81. The molecule has 1 N–H and O–H groups in total. The molecule has 0 bridgehead atoms. The number of benzene rings is 2. The third kappa shape index (κ3) is 3.07. The highest BCUT2D eigenvalue weighted by Crippen LogP contribution is 2.36. The van der Waals surface area contributed by atoms with E-state index in [0.29, 0.717) is 17.0 Å². The van der Waals surface area contributed by atoms with Crippen molar-refractivity contribution < 1.29 is 17.8 Å². The molecule has 0 amide bonds. The predicted octanol–water partition coefficient (Wildman–Crippen LogP) is 4.73. The van der Waals surface area contributed by atoms with Crippen LogP contribution in [0.25, 0.3) is 17.2 Å². The van der Waals surface area contributed by atoms with Crippen molar-refractivity contribution in [2.45, 2.75) is 13.3 Å². The van der Waals surface area contributed by atoms with Crippen molar-refractivity contribution in [1.82, 2.24) is 0 Å². The summed E-state index contributed by atoms with van der Waals surface area (Å²) >= 11 is 0. The van der Waals surface area contributed by atoms with Crippen LogP contribution in [-0.4, -0.2) is 7.05 Å². The Morgan fingerprint density at radius 1 is 1.19 bits per heavy atom. The second-order valence-electron chi connectivity index (χ2n) is 6.56. The maximum absolute atomic E-state index is 13.5. The fourth-order valence-electron chi connectivity index (χ4n) is 3.22. The van der Waals surface area contributed by atoms with Crippen LogP contribution in [-0.2, 0) is 7.05 Å². The lowest BCUT2D eigenvalue weighted by molar-refractivity contribution is -0.652. The van der Waals surface area contributed by atoms with Crippen LogP contribution in [0.1, 0.15) is 19.2 Å². The summed E-state index contributed by atoms with van der Waals surface area (Å²) in [4.78, 5) is 1.91. The number of halogens is 2. The molecule has 2 heterocycles. The lowest BCUT2D eigenvalue weighted by atomic mass is 10.2. The van der Waals surface area contributed by atoms with Crippen LogP contribution < -0.4 is 14.8 Å². The van der Waals surface area contributed by atoms with Crippen LogP contribution in [0.15, 0.2) is 58.3 Å². The second-order valence-corrected chi connectivity index (χ2v) is 6.56. The van der Waals surface area contributed by atoms with E-state index in [2.05, 4.69) is 5.32 Å². The third-order valence-electron chi connectivity index (χ3n) is 4.81. The number of fused-ring (bicyclic) bond motifs is 2. The Morgan fingerprint density at radius 2 is 1.93 bits per heavy atom. The Kier molecular flexibility index (Phi) is 4.18. The minimum absolute atomic E-state index is 0.267. The number of aromatic nitrogens is 1. The summed E-state index contributed by atoms with van der Waals surface area (Å²) < 4.78 is 34.7. The van der Waals surface area contributed by atoms with Crippen molar-refractivity contribution in [2.24, 2.45) is 7.05 Å². The molecule has 0 radical (unpaired) electrons. The van der Waals surface area contributed by atoms with Crippen LogP contribution >= 0.6 is 0 Å². The van der Waals surface area contributed by atoms with Crippen LogP contribution in [0, 0.1) is 11.6 Å². The maximum Gasteiger partial charge on any atom is 0.374 e.